The number of rotatable bonds is 0. The number of fused-ring (bicyclic) bond motifs is 3. The molecule has 1 heterocycles. The first kappa shape index (κ1) is 11.0. The molecule has 2 aromatic rings. The van der Waals surface area contributed by atoms with Crippen molar-refractivity contribution >= 4 is 43.5 Å². The van der Waals surface area contributed by atoms with Crippen molar-refractivity contribution in [1.82, 2.24) is 0 Å². The number of anilines is 1. The van der Waals surface area contributed by atoms with E-state index in [0.29, 0.717) is 0 Å². The summed E-state index contributed by atoms with van der Waals surface area (Å²) >= 11 is 0.375. The summed E-state index contributed by atoms with van der Waals surface area (Å²) in [5, 5.41) is 0. The molecule has 1 aliphatic heterocycles. The third-order valence-electron chi connectivity index (χ3n) is 2.82. The van der Waals surface area contributed by atoms with Crippen LogP contribution in [0.2, 0.25) is 4.58 Å². The zero-order valence-electron chi connectivity index (χ0n) is 8.91. The van der Waals surface area contributed by atoms with E-state index in [0.717, 1.165) is 0 Å². The number of hydrogen-bond donors (Lipinski definition) is 1. The van der Waals surface area contributed by atoms with E-state index in [2.05, 4.69) is 74.3 Å². The summed E-state index contributed by atoms with van der Waals surface area (Å²) in [5.41, 5.74) is 4.10. The molecule has 1 aliphatic rings. The summed E-state index contributed by atoms with van der Waals surface area (Å²) in [7, 11) is 0. The number of nitrogens with one attached hydrogen (secondary N) is 1. The minimum absolute atomic E-state index is 1.31. The molecule has 3 rings (SSSR count). The van der Waals surface area contributed by atoms with Crippen molar-refractivity contribution in [2.45, 2.75) is 4.58 Å². The van der Waals surface area contributed by atoms with Crippen LogP contribution in [0.3, 0.4) is 0 Å². The van der Waals surface area contributed by atoms with Gasteiger partial charge in [0.2, 0.25) is 0 Å². The zero-order chi connectivity index (χ0) is 11.2. The molecule has 0 spiro atoms. The Morgan fingerprint density at radius 1 is 0.938 bits per heavy atom. The molecule has 0 fully saturated rings. The van der Waals surface area contributed by atoms with Gasteiger partial charge in [0, 0.05) is 0 Å². The number of benzene rings is 2. The van der Waals surface area contributed by atoms with Crippen LogP contribution in [0.15, 0.2) is 48.5 Å². The van der Waals surface area contributed by atoms with Gasteiger partial charge in [-0.05, 0) is 0 Å². The Morgan fingerprint density at radius 2 is 1.56 bits per heavy atom. The molecule has 0 saturated heterocycles. The molecule has 1 atom stereocenters. The predicted octanol–water partition coefficient (Wildman–Crippen LogP) is 3.49. The fourth-order valence-corrected chi connectivity index (χ4v) is 13.9. The molecule has 1 nitrogen and oxygen atoms in total. The van der Waals surface area contributed by atoms with E-state index >= 15 is 0 Å². The van der Waals surface area contributed by atoms with Crippen LogP contribution in [0.5, 0.6) is 0 Å². The van der Waals surface area contributed by atoms with Crippen LogP contribution in [-0.4, -0.2) is 16.6 Å². The fourth-order valence-electron chi connectivity index (χ4n) is 2.09. The third kappa shape index (κ3) is 1.69. The summed E-state index contributed by atoms with van der Waals surface area (Å²) in [6.07, 6.45) is 0. The minimum atomic E-state index is -2.30. The first-order valence-corrected chi connectivity index (χ1v) is 20.4. The molecular weight excluding hydrogens is 506 g/mol. The SMILES string of the molecule is [CH3][Po]1([I])[NH]c2ccccc2-c2cccc[c]21. The summed E-state index contributed by atoms with van der Waals surface area (Å²) in [6, 6.07) is 17.5. The molecule has 0 aromatic heterocycles. The Bertz CT molecular complexity index is 551. The molecule has 0 amide bonds. The molecule has 1 N–H and O–H groups in total. The van der Waals surface area contributed by atoms with Crippen molar-refractivity contribution < 1.29 is 0 Å². The normalized spacial score (nSPS) is 25.9. The average molecular weight is 518 g/mol. The van der Waals surface area contributed by atoms with E-state index in [4.69, 9.17) is 0 Å². The maximum absolute atomic E-state index is 3.79. The summed E-state index contributed by atoms with van der Waals surface area (Å²) in [5.74, 6) is 0. The van der Waals surface area contributed by atoms with Gasteiger partial charge in [-0.25, -0.2) is 0 Å². The van der Waals surface area contributed by atoms with Crippen LogP contribution in [0.4, 0.5) is 5.69 Å². The quantitative estimate of drug-likeness (QED) is 0.527. The van der Waals surface area contributed by atoms with Gasteiger partial charge >= 0.3 is 111 Å². The van der Waals surface area contributed by atoms with Crippen LogP contribution in [0, 0.1) is 0 Å². The van der Waals surface area contributed by atoms with Crippen molar-refractivity contribution in [2.75, 3.05) is 3.22 Å². The molecule has 0 saturated carbocycles. The van der Waals surface area contributed by atoms with E-state index in [1.54, 1.807) is 3.22 Å². The number of para-hydroxylation sites is 1. The molecule has 0 aliphatic carbocycles. The summed E-state index contributed by atoms with van der Waals surface area (Å²) in [4.78, 5) is 0. The second kappa shape index (κ2) is 3.96. The van der Waals surface area contributed by atoms with E-state index in [9.17, 15) is 0 Å². The van der Waals surface area contributed by atoms with Crippen molar-refractivity contribution in [3.8, 4) is 11.1 Å². The van der Waals surface area contributed by atoms with Gasteiger partial charge in [-0.15, -0.1) is 0 Å². The Morgan fingerprint density at radius 3 is 2.38 bits per heavy atom. The summed E-state index contributed by atoms with van der Waals surface area (Å²) in [6.45, 7) is 0. The molecule has 16 heavy (non-hydrogen) atoms. The van der Waals surface area contributed by atoms with Crippen LogP contribution in [0.25, 0.3) is 11.1 Å². The predicted molar refractivity (Wildman–Crippen MR) is 80.8 cm³/mol. The van der Waals surface area contributed by atoms with Crippen molar-refractivity contribution in [3.63, 3.8) is 0 Å². The molecule has 0 bridgehead atoms. The molecule has 3 heteroatoms. The van der Waals surface area contributed by atoms with Gasteiger partial charge in [0.15, 0.2) is 0 Å². The standard InChI is InChI=1S/C12H9N.CH3.HI.Po/c13-12-9-5-4-8-11(12)10-6-2-1-3-7-10;;;/h1-6,8-9,13H;1H3;1H;/q-1;;;+2/p-1. The number of halogens is 1. The van der Waals surface area contributed by atoms with E-state index in [1.807, 2.05) is 0 Å². The van der Waals surface area contributed by atoms with Crippen molar-refractivity contribution in [1.29, 1.82) is 0 Å². The Hall–Kier alpha value is -0.134. The fraction of sp³-hybridized carbons (Fsp3) is 0.0769. The summed E-state index contributed by atoms with van der Waals surface area (Å²) < 4.78 is 7.77. The first-order valence-electron chi connectivity index (χ1n) is 5.13. The maximum atomic E-state index is 3.79. The molecule has 0 radical (unpaired) electrons. The third-order valence-corrected chi connectivity index (χ3v) is 15.9. The van der Waals surface area contributed by atoms with E-state index in [1.165, 1.54) is 16.8 Å². The van der Waals surface area contributed by atoms with Gasteiger partial charge in [0.05, 0.1) is 0 Å². The van der Waals surface area contributed by atoms with Crippen LogP contribution >= 0.6 is 18.0 Å². The van der Waals surface area contributed by atoms with Crippen molar-refractivity contribution in [2.24, 2.45) is 0 Å². The monoisotopic (exact) mass is 518 g/mol. The van der Waals surface area contributed by atoms with Crippen LogP contribution < -0.4 is 6.44 Å². The molecule has 82 valence electrons. The first-order chi connectivity index (χ1) is 7.68. The average Bonchev–Trinajstić information content (AvgIpc) is 2.29. The van der Waals surface area contributed by atoms with Gasteiger partial charge in [0.25, 0.3) is 0 Å². The van der Waals surface area contributed by atoms with Gasteiger partial charge in [-0.2, -0.15) is 0 Å². The topological polar surface area (TPSA) is 12.0 Å². The Balaban J connectivity index is 2.33. The zero-order valence-corrected chi connectivity index (χ0v) is 14.2. The van der Waals surface area contributed by atoms with E-state index < -0.39 is 16.6 Å². The van der Waals surface area contributed by atoms with Gasteiger partial charge < -0.3 is 0 Å². The molecule has 1 unspecified atom stereocenters. The second-order valence-electron chi connectivity index (χ2n) is 3.96. The van der Waals surface area contributed by atoms with Gasteiger partial charge in [-0.3, -0.25) is 0 Å². The second-order valence-corrected chi connectivity index (χ2v) is 28.3. The number of hydrogen-bond acceptors (Lipinski definition) is 1. The van der Waals surface area contributed by atoms with Gasteiger partial charge in [-0.1, -0.05) is 0 Å². The van der Waals surface area contributed by atoms with E-state index in [-0.39, 0.29) is 0 Å². The molecule has 2 aromatic carbocycles. The van der Waals surface area contributed by atoms with Crippen molar-refractivity contribution in [3.05, 3.63) is 48.5 Å². The Labute approximate surface area is 110 Å². The Kier molecular flexibility index (Phi) is 2.72. The molecular formula is C13H12INPo. The van der Waals surface area contributed by atoms with Crippen LogP contribution in [-0.2, 0) is 0 Å². The van der Waals surface area contributed by atoms with Gasteiger partial charge in [0.1, 0.15) is 0 Å². The van der Waals surface area contributed by atoms with Crippen LogP contribution in [0.1, 0.15) is 0 Å².